The second-order valence-electron chi connectivity index (χ2n) is 4.02. The summed E-state index contributed by atoms with van der Waals surface area (Å²) in [5.41, 5.74) is -0.281. The van der Waals surface area contributed by atoms with E-state index in [-0.39, 0.29) is 23.2 Å². The number of carboxylic acids is 1. The van der Waals surface area contributed by atoms with Gasteiger partial charge in [0.05, 0.1) is 10.2 Å². The van der Waals surface area contributed by atoms with Gasteiger partial charge in [-0.1, -0.05) is 0 Å². The molecule has 2 amide bonds. The molecule has 21 heavy (non-hydrogen) atoms. The van der Waals surface area contributed by atoms with Crippen LogP contribution in [0.4, 0.5) is 19.3 Å². The van der Waals surface area contributed by atoms with Gasteiger partial charge in [-0.05, 0) is 22.0 Å². The minimum Gasteiger partial charge on any atom is -0.480 e. The van der Waals surface area contributed by atoms with Crippen LogP contribution in [0.3, 0.4) is 0 Å². The second kappa shape index (κ2) is 7.89. The Kier molecular flexibility index (Phi) is 6.50. The number of benzene rings is 1. The average Bonchev–Trinajstić information content (AvgIpc) is 2.40. The summed E-state index contributed by atoms with van der Waals surface area (Å²) in [7, 11) is 1.39. The SMILES string of the molecule is COCCC(NC(=O)Nc1cc(Br)c(F)cc1F)C(=O)O. The van der Waals surface area contributed by atoms with Crippen LogP contribution < -0.4 is 10.6 Å². The highest BCUT2D eigenvalue weighted by Crippen LogP contribution is 2.23. The number of hydrogen-bond donors (Lipinski definition) is 3. The quantitative estimate of drug-likeness (QED) is 0.674. The number of methoxy groups -OCH3 is 1. The molecule has 116 valence electrons. The third kappa shape index (κ3) is 5.27. The molecule has 0 aliphatic carbocycles. The van der Waals surface area contributed by atoms with E-state index in [1.165, 1.54) is 7.11 Å². The van der Waals surface area contributed by atoms with Crippen molar-refractivity contribution in [1.29, 1.82) is 0 Å². The van der Waals surface area contributed by atoms with Gasteiger partial charge in [-0.2, -0.15) is 0 Å². The molecule has 6 nitrogen and oxygen atoms in total. The van der Waals surface area contributed by atoms with Crippen LogP contribution in [0.15, 0.2) is 16.6 Å². The summed E-state index contributed by atoms with van der Waals surface area (Å²) in [6, 6.07) is -0.470. The van der Waals surface area contributed by atoms with Crippen LogP contribution in [0.2, 0.25) is 0 Å². The van der Waals surface area contributed by atoms with E-state index in [4.69, 9.17) is 9.84 Å². The molecule has 1 rings (SSSR count). The molecule has 0 aromatic heterocycles. The number of anilines is 1. The van der Waals surface area contributed by atoms with E-state index in [0.29, 0.717) is 6.07 Å². The summed E-state index contributed by atoms with van der Waals surface area (Å²) in [6.07, 6.45) is 0.0504. The Bertz CT molecular complexity index is 542. The highest BCUT2D eigenvalue weighted by atomic mass is 79.9. The Morgan fingerprint density at radius 1 is 1.38 bits per heavy atom. The van der Waals surface area contributed by atoms with Crippen molar-refractivity contribution in [2.75, 3.05) is 19.0 Å². The molecule has 0 bridgehead atoms. The molecule has 0 fully saturated rings. The summed E-state index contributed by atoms with van der Waals surface area (Å²) >= 11 is 2.85. The molecule has 1 atom stereocenters. The predicted octanol–water partition coefficient (Wildman–Crippen LogP) is 2.34. The number of carbonyl (C=O) groups is 2. The lowest BCUT2D eigenvalue weighted by Crippen LogP contribution is -2.43. The van der Waals surface area contributed by atoms with Crippen LogP contribution in [-0.2, 0) is 9.53 Å². The van der Waals surface area contributed by atoms with E-state index in [2.05, 4.69) is 26.6 Å². The van der Waals surface area contributed by atoms with Gasteiger partial charge >= 0.3 is 12.0 Å². The van der Waals surface area contributed by atoms with E-state index in [1.807, 2.05) is 0 Å². The maximum atomic E-state index is 13.4. The van der Waals surface area contributed by atoms with Crippen LogP contribution in [-0.4, -0.2) is 36.9 Å². The largest absolute Gasteiger partial charge is 0.480 e. The number of carboxylic acid groups (broad SMARTS) is 1. The van der Waals surface area contributed by atoms with Crippen molar-refractivity contribution in [3.8, 4) is 0 Å². The second-order valence-corrected chi connectivity index (χ2v) is 4.87. The Morgan fingerprint density at radius 2 is 2.05 bits per heavy atom. The number of aliphatic carboxylic acids is 1. The monoisotopic (exact) mass is 366 g/mol. The van der Waals surface area contributed by atoms with E-state index < -0.39 is 29.7 Å². The summed E-state index contributed by atoms with van der Waals surface area (Å²) in [4.78, 5) is 22.6. The van der Waals surface area contributed by atoms with Gasteiger partial charge in [-0.15, -0.1) is 0 Å². The van der Waals surface area contributed by atoms with Gasteiger partial charge in [0.2, 0.25) is 0 Å². The standard InChI is InChI=1S/C12H13BrF2N2O4/c1-21-3-2-9(11(18)19)16-12(20)17-10-4-6(13)7(14)5-8(10)15/h4-5,9H,2-3H2,1H3,(H,18,19)(H2,16,17,20). The lowest BCUT2D eigenvalue weighted by atomic mass is 10.2. The van der Waals surface area contributed by atoms with Crippen LogP contribution in [0, 0.1) is 11.6 Å². The zero-order chi connectivity index (χ0) is 16.0. The first-order chi connectivity index (χ1) is 9.85. The van der Waals surface area contributed by atoms with Gasteiger partial charge in [0.25, 0.3) is 0 Å². The molecule has 3 N–H and O–H groups in total. The zero-order valence-electron chi connectivity index (χ0n) is 11.0. The van der Waals surface area contributed by atoms with E-state index in [9.17, 15) is 18.4 Å². The molecule has 1 unspecified atom stereocenters. The van der Waals surface area contributed by atoms with Crippen molar-refractivity contribution >= 4 is 33.6 Å². The molecule has 0 spiro atoms. The molecule has 9 heteroatoms. The van der Waals surface area contributed by atoms with Gasteiger partial charge in [-0.25, -0.2) is 18.4 Å². The highest BCUT2D eigenvalue weighted by Gasteiger charge is 2.20. The average molecular weight is 367 g/mol. The lowest BCUT2D eigenvalue weighted by Gasteiger charge is -2.15. The topological polar surface area (TPSA) is 87.7 Å². The zero-order valence-corrected chi connectivity index (χ0v) is 12.5. The van der Waals surface area contributed by atoms with Crippen molar-refractivity contribution in [2.24, 2.45) is 0 Å². The van der Waals surface area contributed by atoms with Crippen molar-refractivity contribution < 1.29 is 28.2 Å². The molecule has 1 aromatic rings. The molecule has 0 radical (unpaired) electrons. The Morgan fingerprint density at radius 3 is 2.62 bits per heavy atom. The van der Waals surface area contributed by atoms with Crippen molar-refractivity contribution in [3.63, 3.8) is 0 Å². The Hall–Kier alpha value is -1.74. The molecule has 0 aliphatic heterocycles. The number of halogens is 3. The predicted molar refractivity (Wildman–Crippen MR) is 74.1 cm³/mol. The first-order valence-corrected chi connectivity index (χ1v) is 6.58. The Balaban J connectivity index is 2.72. The fourth-order valence-electron chi connectivity index (χ4n) is 1.43. The minimum absolute atomic E-state index is 0.0339. The number of hydrogen-bond acceptors (Lipinski definition) is 3. The van der Waals surface area contributed by atoms with Gasteiger partial charge < -0.3 is 20.5 Å². The maximum Gasteiger partial charge on any atom is 0.326 e. The fourth-order valence-corrected chi connectivity index (χ4v) is 1.77. The van der Waals surface area contributed by atoms with Gasteiger partial charge in [0.15, 0.2) is 0 Å². The van der Waals surface area contributed by atoms with Crippen molar-refractivity contribution in [2.45, 2.75) is 12.5 Å². The fraction of sp³-hybridized carbons (Fsp3) is 0.333. The summed E-state index contributed by atoms with van der Waals surface area (Å²) in [5.74, 6) is -3.04. The van der Waals surface area contributed by atoms with E-state index in [1.54, 1.807) is 0 Å². The van der Waals surface area contributed by atoms with Gasteiger partial charge in [0.1, 0.15) is 17.7 Å². The van der Waals surface area contributed by atoms with Crippen LogP contribution in [0.5, 0.6) is 0 Å². The van der Waals surface area contributed by atoms with Crippen LogP contribution >= 0.6 is 15.9 Å². The number of carbonyl (C=O) groups excluding carboxylic acids is 1. The van der Waals surface area contributed by atoms with Crippen molar-refractivity contribution in [3.05, 3.63) is 28.2 Å². The lowest BCUT2D eigenvalue weighted by molar-refractivity contribution is -0.139. The minimum atomic E-state index is -1.25. The highest BCUT2D eigenvalue weighted by molar-refractivity contribution is 9.10. The van der Waals surface area contributed by atoms with Crippen LogP contribution in [0.25, 0.3) is 0 Å². The molecule has 0 saturated carbocycles. The third-order valence-electron chi connectivity index (χ3n) is 2.47. The number of amides is 2. The van der Waals surface area contributed by atoms with E-state index in [0.717, 1.165) is 6.07 Å². The number of rotatable bonds is 6. The smallest absolute Gasteiger partial charge is 0.326 e. The number of urea groups is 1. The number of ether oxygens (including phenoxy) is 1. The van der Waals surface area contributed by atoms with Crippen molar-refractivity contribution in [1.82, 2.24) is 5.32 Å². The van der Waals surface area contributed by atoms with Crippen LogP contribution in [0.1, 0.15) is 6.42 Å². The maximum absolute atomic E-state index is 13.4. The summed E-state index contributed by atoms with van der Waals surface area (Å²) < 4.78 is 31.2. The molecular formula is C12H13BrF2N2O4. The molecule has 0 heterocycles. The third-order valence-corrected chi connectivity index (χ3v) is 3.08. The summed E-state index contributed by atoms with van der Waals surface area (Å²) in [5, 5.41) is 13.2. The van der Waals surface area contributed by atoms with Gasteiger partial charge in [-0.3, -0.25) is 0 Å². The first-order valence-electron chi connectivity index (χ1n) is 5.79. The van der Waals surface area contributed by atoms with E-state index >= 15 is 0 Å². The normalized spacial score (nSPS) is 11.8. The molecular weight excluding hydrogens is 354 g/mol. The number of nitrogens with one attached hydrogen (secondary N) is 2. The first kappa shape index (κ1) is 17.3. The molecule has 0 aliphatic rings. The molecule has 1 aromatic carbocycles. The molecule has 0 saturated heterocycles. The Labute approximate surface area is 127 Å². The summed E-state index contributed by atoms with van der Waals surface area (Å²) in [6.45, 7) is 0.133. The van der Waals surface area contributed by atoms with Gasteiger partial charge in [0, 0.05) is 26.2 Å².